The molecule has 0 radical (unpaired) electrons. The van der Waals surface area contributed by atoms with Crippen molar-refractivity contribution in [2.75, 3.05) is 25.5 Å². The molecule has 1 atom stereocenters. The van der Waals surface area contributed by atoms with Crippen molar-refractivity contribution in [1.82, 2.24) is 4.90 Å². The number of benzene rings is 1. The molecule has 1 aliphatic rings. The summed E-state index contributed by atoms with van der Waals surface area (Å²) in [5.41, 5.74) is 7.71. The van der Waals surface area contributed by atoms with Crippen LogP contribution in [-0.4, -0.2) is 37.5 Å². The Balaban J connectivity index is 2.35. The third-order valence-electron chi connectivity index (χ3n) is 3.59. The molecule has 1 unspecified atom stereocenters. The van der Waals surface area contributed by atoms with E-state index in [4.69, 9.17) is 17.3 Å². The summed E-state index contributed by atoms with van der Waals surface area (Å²) < 4.78 is 0. The number of halogens is 1. The van der Waals surface area contributed by atoms with Gasteiger partial charge in [0.25, 0.3) is 0 Å². The molecule has 0 spiro atoms. The van der Waals surface area contributed by atoms with Gasteiger partial charge in [0.1, 0.15) is 6.04 Å². The highest BCUT2D eigenvalue weighted by molar-refractivity contribution is 6.31. The number of hydrogen-bond acceptors (Lipinski definition) is 3. The Morgan fingerprint density at radius 3 is 2.89 bits per heavy atom. The van der Waals surface area contributed by atoms with Crippen LogP contribution in [0, 0.1) is 0 Å². The van der Waals surface area contributed by atoms with E-state index in [1.807, 2.05) is 18.2 Å². The van der Waals surface area contributed by atoms with Gasteiger partial charge >= 0.3 is 0 Å². The summed E-state index contributed by atoms with van der Waals surface area (Å²) in [6.45, 7) is 1.26. The van der Waals surface area contributed by atoms with Crippen molar-refractivity contribution in [2.45, 2.75) is 25.4 Å². The Morgan fingerprint density at radius 1 is 1.53 bits per heavy atom. The van der Waals surface area contributed by atoms with Crippen LogP contribution >= 0.6 is 11.6 Å². The summed E-state index contributed by atoms with van der Waals surface area (Å²) >= 11 is 6.20. The molecule has 5 heteroatoms. The van der Waals surface area contributed by atoms with Gasteiger partial charge in [-0.15, -0.1) is 0 Å². The second-order valence-electron chi connectivity index (χ2n) is 5.03. The van der Waals surface area contributed by atoms with Crippen LogP contribution in [0.25, 0.3) is 0 Å². The number of rotatable bonds is 3. The average molecular weight is 282 g/mol. The van der Waals surface area contributed by atoms with E-state index in [1.54, 1.807) is 19.0 Å². The predicted molar refractivity (Wildman–Crippen MR) is 78.4 cm³/mol. The minimum atomic E-state index is -0.0984. The van der Waals surface area contributed by atoms with Gasteiger partial charge in [0.15, 0.2) is 0 Å². The molecule has 2 rings (SSSR count). The van der Waals surface area contributed by atoms with Gasteiger partial charge in [0.05, 0.1) is 0 Å². The van der Waals surface area contributed by atoms with Crippen LogP contribution in [0.1, 0.15) is 18.4 Å². The fourth-order valence-electron chi connectivity index (χ4n) is 2.63. The number of hydrogen-bond donors (Lipinski definition) is 1. The Bertz CT molecular complexity index is 476. The van der Waals surface area contributed by atoms with Crippen LogP contribution < -0.4 is 10.6 Å². The lowest BCUT2D eigenvalue weighted by Gasteiger charge is -2.29. The largest absolute Gasteiger partial charge is 0.359 e. The number of carbonyl (C=O) groups excluding carboxylic acids is 1. The molecular formula is C14H20ClN3O. The Morgan fingerprint density at radius 2 is 2.26 bits per heavy atom. The fraction of sp³-hybridized carbons (Fsp3) is 0.500. The summed E-state index contributed by atoms with van der Waals surface area (Å²) in [5.74, 6) is 0.139. The van der Waals surface area contributed by atoms with Crippen molar-refractivity contribution in [3.8, 4) is 0 Å². The van der Waals surface area contributed by atoms with Gasteiger partial charge in [-0.2, -0.15) is 0 Å². The van der Waals surface area contributed by atoms with Gasteiger partial charge in [0.2, 0.25) is 5.91 Å². The minimum absolute atomic E-state index is 0.0984. The van der Waals surface area contributed by atoms with Crippen molar-refractivity contribution in [1.29, 1.82) is 0 Å². The summed E-state index contributed by atoms with van der Waals surface area (Å²) in [6.07, 6.45) is 1.90. The first-order valence-electron chi connectivity index (χ1n) is 6.51. The van der Waals surface area contributed by atoms with Crippen LogP contribution in [0.5, 0.6) is 0 Å². The van der Waals surface area contributed by atoms with Crippen molar-refractivity contribution in [3.63, 3.8) is 0 Å². The third-order valence-corrected chi connectivity index (χ3v) is 3.94. The summed E-state index contributed by atoms with van der Waals surface area (Å²) in [4.78, 5) is 16.0. The maximum Gasteiger partial charge on any atom is 0.244 e. The number of carbonyl (C=O) groups is 1. The zero-order valence-electron chi connectivity index (χ0n) is 11.4. The van der Waals surface area contributed by atoms with Crippen molar-refractivity contribution < 1.29 is 4.79 Å². The standard InChI is InChI=1S/C14H20ClN3O/c1-17(2)14(19)13-7-4-8-18(13)12-6-3-5-11(15)10(12)9-16/h3,5-6,13H,4,7-9,16H2,1-2H3. The molecule has 1 fully saturated rings. The number of likely N-dealkylation sites (N-methyl/N-ethyl adjacent to an activating group) is 1. The first-order chi connectivity index (χ1) is 9.06. The Hall–Kier alpha value is -1.26. The van der Waals surface area contributed by atoms with E-state index in [1.165, 1.54) is 0 Å². The van der Waals surface area contributed by atoms with Crippen molar-refractivity contribution >= 4 is 23.2 Å². The van der Waals surface area contributed by atoms with Gasteiger partial charge in [-0.3, -0.25) is 4.79 Å². The lowest BCUT2D eigenvalue weighted by atomic mass is 10.1. The van der Waals surface area contributed by atoms with Gasteiger partial charge in [-0.1, -0.05) is 17.7 Å². The second kappa shape index (κ2) is 5.80. The van der Waals surface area contributed by atoms with E-state index in [0.717, 1.165) is 30.6 Å². The van der Waals surface area contributed by atoms with Crippen molar-refractivity contribution in [2.24, 2.45) is 5.73 Å². The molecule has 1 heterocycles. The molecule has 2 N–H and O–H groups in total. The summed E-state index contributed by atoms with van der Waals surface area (Å²) in [6, 6.07) is 5.65. The Labute approximate surface area is 119 Å². The molecule has 104 valence electrons. The highest BCUT2D eigenvalue weighted by atomic mass is 35.5. The average Bonchev–Trinajstić information content (AvgIpc) is 2.86. The zero-order chi connectivity index (χ0) is 14.0. The maximum atomic E-state index is 12.2. The van der Waals surface area contributed by atoms with E-state index in [-0.39, 0.29) is 11.9 Å². The molecule has 0 aromatic heterocycles. The van der Waals surface area contributed by atoms with Crippen LogP contribution in [0.3, 0.4) is 0 Å². The van der Waals surface area contributed by atoms with Gasteiger partial charge in [-0.25, -0.2) is 0 Å². The third kappa shape index (κ3) is 2.69. The molecule has 0 saturated carbocycles. The van der Waals surface area contributed by atoms with Crippen LogP contribution in [0.4, 0.5) is 5.69 Å². The van der Waals surface area contributed by atoms with Crippen LogP contribution in [0.2, 0.25) is 5.02 Å². The SMILES string of the molecule is CN(C)C(=O)C1CCCN1c1cccc(Cl)c1CN. The minimum Gasteiger partial charge on any atom is -0.359 e. The van der Waals surface area contributed by atoms with Gasteiger partial charge in [-0.05, 0) is 25.0 Å². The summed E-state index contributed by atoms with van der Waals surface area (Å²) in [7, 11) is 3.58. The number of nitrogens with two attached hydrogens (primary N) is 1. The number of anilines is 1. The van der Waals surface area contributed by atoms with Crippen LogP contribution in [-0.2, 0) is 11.3 Å². The molecule has 4 nitrogen and oxygen atoms in total. The molecule has 0 aliphatic carbocycles. The zero-order valence-corrected chi connectivity index (χ0v) is 12.2. The molecule has 1 amide bonds. The van der Waals surface area contributed by atoms with Crippen molar-refractivity contribution in [3.05, 3.63) is 28.8 Å². The van der Waals surface area contributed by atoms with E-state index < -0.39 is 0 Å². The number of amides is 1. The monoisotopic (exact) mass is 281 g/mol. The van der Waals surface area contributed by atoms with Gasteiger partial charge < -0.3 is 15.5 Å². The molecule has 1 aromatic rings. The number of nitrogens with zero attached hydrogens (tertiary/aromatic N) is 2. The van der Waals surface area contributed by atoms with Crippen LogP contribution in [0.15, 0.2) is 18.2 Å². The topological polar surface area (TPSA) is 49.6 Å². The highest BCUT2D eigenvalue weighted by Crippen LogP contribution is 2.32. The Kier molecular flexibility index (Phi) is 4.32. The molecule has 0 bridgehead atoms. The highest BCUT2D eigenvalue weighted by Gasteiger charge is 2.32. The molecule has 1 saturated heterocycles. The molecule has 1 aliphatic heterocycles. The lowest BCUT2D eigenvalue weighted by Crippen LogP contribution is -2.43. The molecular weight excluding hydrogens is 262 g/mol. The molecule has 19 heavy (non-hydrogen) atoms. The first kappa shape index (κ1) is 14.2. The summed E-state index contributed by atoms with van der Waals surface area (Å²) in [5, 5.41) is 0.669. The second-order valence-corrected chi connectivity index (χ2v) is 5.43. The van der Waals surface area contributed by atoms with E-state index >= 15 is 0 Å². The molecule has 1 aromatic carbocycles. The lowest BCUT2D eigenvalue weighted by molar-refractivity contribution is -0.129. The smallest absolute Gasteiger partial charge is 0.244 e. The van der Waals surface area contributed by atoms with E-state index in [0.29, 0.717) is 11.6 Å². The maximum absolute atomic E-state index is 12.2. The predicted octanol–water partition coefficient (Wildman–Crippen LogP) is 1.86. The fourth-order valence-corrected chi connectivity index (χ4v) is 2.87. The van der Waals surface area contributed by atoms with E-state index in [9.17, 15) is 4.79 Å². The normalized spacial score (nSPS) is 18.7. The first-order valence-corrected chi connectivity index (χ1v) is 6.89. The quantitative estimate of drug-likeness (QED) is 0.920. The van der Waals surface area contributed by atoms with Gasteiger partial charge in [0, 0.05) is 43.5 Å². The van der Waals surface area contributed by atoms with E-state index in [2.05, 4.69) is 4.90 Å².